The van der Waals surface area contributed by atoms with Crippen molar-refractivity contribution in [2.45, 2.75) is 6.42 Å². The van der Waals surface area contributed by atoms with Crippen LogP contribution in [-0.4, -0.2) is 31.4 Å². The van der Waals surface area contributed by atoms with Crippen molar-refractivity contribution in [1.29, 1.82) is 0 Å². The maximum atomic E-state index is 12.4. The molecule has 0 fully saturated rings. The number of hydrogen-bond acceptors (Lipinski definition) is 4. The molecule has 0 aliphatic heterocycles. The zero-order valence-electron chi connectivity index (χ0n) is 12.9. The molecule has 0 N–H and O–H groups in total. The highest BCUT2D eigenvalue weighted by molar-refractivity contribution is 9.11. The van der Waals surface area contributed by atoms with Crippen LogP contribution in [0.1, 0.15) is 12.0 Å². The number of hydrogen-bond donors (Lipinski definition) is 0. The van der Waals surface area contributed by atoms with Crippen molar-refractivity contribution < 1.29 is 14.3 Å². The standard InChI is InChI=1S/C18H16BrNO3/c1-20-16-9-6-13(19)11-15(18(16)22)17(21)10-5-12-3-7-14(23-2)8-4-12/h3-8,10-11H,9H2,1-2H3/b10-5+,20-16?. The predicted molar refractivity (Wildman–Crippen MR) is 95.1 cm³/mol. The zero-order valence-corrected chi connectivity index (χ0v) is 14.5. The minimum absolute atomic E-state index is 0.107. The number of carbonyl (C=O) groups is 2. The van der Waals surface area contributed by atoms with Crippen molar-refractivity contribution in [3.05, 3.63) is 58.1 Å². The van der Waals surface area contributed by atoms with E-state index in [4.69, 9.17) is 4.74 Å². The highest BCUT2D eigenvalue weighted by Crippen LogP contribution is 2.19. The summed E-state index contributed by atoms with van der Waals surface area (Å²) in [4.78, 5) is 28.7. The van der Waals surface area contributed by atoms with E-state index in [-0.39, 0.29) is 17.1 Å². The lowest BCUT2D eigenvalue weighted by molar-refractivity contribution is -0.116. The maximum absolute atomic E-state index is 12.4. The number of allylic oxidation sites excluding steroid dienone is 5. The monoisotopic (exact) mass is 373 g/mol. The molecule has 1 aromatic carbocycles. The van der Waals surface area contributed by atoms with Gasteiger partial charge in [-0.2, -0.15) is 0 Å². The van der Waals surface area contributed by atoms with Crippen LogP contribution in [-0.2, 0) is 9.59 Å². The van der Waals surface area contributed by atoms with Gasteiger partial charge in [0.25, 0.3) is 0 Å². The Balaban J connectivity index is 2.22. The smallest absolute Gasteiger partial charge is 0.211 e. The number of Topliss-reactive ketones (excluding diaryl/α,β-unsaturated/α-hetero) is 1. The summed E-state index contributed by atoms with van der Waals surface area (Å²) in [7, 11) is 3.15. The average molecular weight is 374 g/mol. The third-order valence-electron chi connectivity index (χ3n) is 3.36. The predicted octanol–water partition coefficient (Wildman–Crippen LogP) is 3.53. The van der Waals surface area contributed by atoms with Crippen LogP contribution in [0.5, 0.6) is 5.75 Å². The summed E-state index contributed by atoms with van der Waals surface area (Å²) in [6, 6.07) is 7.28. The summed E-state index contributed by atoms with van der Waals surface area (Å²) in [6.45, 7) is 0. The number of ketones is 2. The lowest BCUT2D eigenvalue weighted by Gasteiger charge is -2.02. The Morgan fingerprint density at radius 1 is 1.30 bits per heavy atom. The number of ether oxygens (including phenoxy) is 1. The Morgan fingerprint density at radius 3 is 2.61 bits per heavy atom. The Morgan fingerprint density at radius 2 is 2.00 bits per heavy atom. The Labute approximate surface area is 143 Å². The zero-order chi connectivity index (χ0) is 16.8. The van der Waals surface area contributed by atoms with Gasteiger partial charge in [0.2, 0.25) is 5.78 Å². The molecule has 0 heterocycles. The fourth-order valence-corrected chi connectivity index (χ4v) is 2.45. The van der Waals surface area contributed by atoms with Crippen LogP contribution in [0.25, 0.3) is 6.08 Å². The lowest BCUT2D eigenvalue weighted by Crippen LogP contribution is -2.19. The average Bonchev–Trinajstić information content (AvgIpc) is 2.72. The van der Waals surface area contributed by atoms with Gasteiger partial charge < -0.3 is 4.74 Å². The summed E-state index contributed by atoms with van der Waals surface area (Å²) in [5.41, 5.74) is 1.33. The van der Waals surface area contributed by atoms with E-state index in [1.54, 1.807) is 38.4 Å². The summed E-state index contributed by atoms with van der Waals surface area (Å²) in [6.07, 6.45) is 6.83. The lowest BCUT2D eigenvalue weighted by atomic mass is 10.0. The number of halogens is 1. The van der Waals surface area contributed by atoms with Gasteiger partial charge in [-0.25, -0.2) is 0 Å². The number of methoxy groups -OCH3 is 1. The molecular formula is C18H16BrNO3. The molecule has 0 spiro atoms. The summed E-state index contributed by atoms with van der Waals surface area (Å²) in [5.74, 6) is 0.0646. The minimum Gasteiger partial charge on any atom is -0.497 e. The third kappa shape index (κ3) is 4.36. The molecule has 118 valence electrons. The van der Waals surface area contributed by atoms with Gasteiger partial charge in [-0.15, -0.1) is 0 Å². The number of nitrogens with zero attached hydrogens (tertiary/aromatic N) is 1. The van der Waals surface area contributed by atoms with E-state index in [9.17, 15) is 9.59 Å². The van der Waals surface area contributed by atoms with Gasteiger partial charge >= 0.3 is 0 Å². The first-order chi connectivity index (χ1) is 11.0. The number of benzene rings is 1. The van der Waals surface area contributed by atoms with Crippen molar-refractivity contribution in [3.63, 3.8) is 0 Å². The first-order valence-electron chi connectivity index (χ1n) is 6.99. The highest BCUT2D eigenvalue weighted by Gasteiger charge is 2.22. The highest BCUT2D eigenvalue weighted by atomic mass is 79.9. The molecular weight excluding hydrogens is 358 g/mol. The Hall–Kier alpha value is -2.27. The third-order valence-corrected chi connectivity index (χ3v) is 3.91. The van der Waals surface area contributed by atoms with Gasteiger partial charge in [-0.3, -0.25) is 14.6 Å². The SMILES string of the molecule is CN=C1CC=C(Br)C=C(C(=O)/C=C/c2ccc(OC)cc2)C1=O. The molecule has 0 atom stereocenters. The van der Waals surface area contributed by atoms with Crippen LogP contribution in [0.15, 0.2) is 57.5 Å². The van der Waals surface area contributed by atoms with E-state index in [1.165, 1.54) is 6.08 Å². The van der Waals surface area contributed by atoms with Crippen LogP contribution >= 0.6 is 15.9 Å². The normalized spacial score (nSPS) is 17.0. The van der Waals surface area contributed by atoms with Crippen LogP contribution in [0.2, 0.25) is 0 Å². The molecule has 1 aliphatic rings. The molecule has 0 unspecified atom stereocenters. The molecule has 0 saturated carbocycles. The van der Waals surface area contributed by atoms with Gasteiger partial charge in [0.05, 0.1) is 18.4 Å². The van der Waals surface area contributed by atoms with E-state index in [2.05, 4.69) is 20.9 Å². The van der Waals surface area contributed by atoms with Gasteiger partial charge in [0.1, 0.15) is 5.75 Å². The molecule has 1 aromatic rings. The first-order valence-corrected chi connectivity index (χ1v) is 7.78. The fourth-order valence-electron chi connectivity index (χ4n) is 2.06. The summed E-state index contributed by atoms with van der Waals surface area (Å²) in [5, 5.41) is 0. The van der Waals surface area contributed by atoms with E-state index >= 15 is 0 Å². The van der Waals surface area contributed by atoms with E-state index in [1.807, 2.05) is 18.2 Å². The summed E-state index contributed by atoms with van der Waals surface area (Å²) < 4.78 is 5.78. The number of carbonyl (C=O) groups excluding carboxylic acids is 2. The molecule has 0 radical (unpaired) electrons. The second kappa shape index (κ2) is 7.83. The van der Waals surface area contributed by atoms with Crippen LogP contribution in [0.3, 0.4) is 0 Å². The maximum Gasteiger partial charge on any atom is 0.211 e. The van der Waals surface area contributed by atoms with Crippen molar-refractivity contribution in [3.8, 4) is 5.75 Å². The van der Waals surface area contributed by atoms with Crippen LogP contribution in [0, 0.1) is 0 Å². The molecule has 0 saturated heterocycles. The van der Waals surface area contributed by atoms with Gasteiger partial charge in [-0.05, 0) is 29.8 Å². The van der Waals surface area contributed by atoms with Crippen LogP contribution in [0.4, 0.5) is 0 Å². The quantitative estimate of drug-likeness (QED) is 0.599. The van der Waals surface area contributed by atoms with Gasteiger partial charge in [0.15, 0.2) is 5.78 Å². The molecule has 2 rings (SSSR count). The summed E-state index contributed by atoms with van der Waals surface area (Å²) >= 11 is 3.33. The second-order valence-electron chi connectivity index (χ2n) is 4.82. The topological polar surface area (TPSA) is 55.7 Å². The van der Waals surface area contributed by atoms with E-state index in [0.717, 1.165) is 11.3 Å². The molecule has 23 heavy (non-hydrogen) atoms. The second-order valence-corrected chi connectivity index (χ2v) is 5.74. The van der Waals surface area contributed by atoms with Crippen molar-refractivity contribution in [2.24, 2.45) is 4.99 Å². The molecule has 1 aliphatic carbocycles. The van der Waals surface area contributed by atoms with E-state index in [0.29, 0.717) is 16.6 Å². The van der Waals surface area contributed by atoms with Crippen LogP contribution < -0.4 is 4.74 Å². The van der Waals surface area contributed by atoms with Crippen molar-refractivity contribution >= 4 is 39.3 Å². The first kappa shape index (κ1) is 17.1. The molecule has 0 amide bonds. The molecule has 0 aromatic heterocycles. The van der Waals surface area contributed by atoms with Crippen molar-refractivity contribution in [1.82, 2.24) is 0 Å². The molecule has 0 bridgehead atoms. The fraction of sp³-hybridized carbons (Fsp3) is 0.167. The molecule has 4 nitrogen and oxygen atoms in total. The van der Waals surface area contributed by atoms with E-state index < -0.39 is 0 Å². The van der Waals surface area contributed by atoms with Crippen molar-refractivity contribution in [2.75, 3.05) is 14.2 Å². The van der Waals surface area contributed by atoms with Gasteiger partial charge in [-0.1, -0.05) is 40.2 Å². The number of aliphatic imine (C=N–C) groups is 1. The molecule has 5 heteroatoms. The Kier molecular flexibility index (Phi) is 5.82. The Bertz CT molecular complexity index is 740. The number of rotatable bonds is 4. The van der Waals surface area contributed by atoms with Gasteiger partial charge in [0, 0.05) is 18.0 Å². The largest absolute Gasteiger partial charge is 0.497 e. The minimum atomic E-state index is -0.348.